The smallest absolute Gasteiger partial charge is 0.243 e. The van der Waals surface area contributed by atoms with E-state index >= 15 is 0 Å². The van der Waals surface area contributed by atoms with Crippen LogP contribution >= 0.6 is 0 Å². The zero-order valence-corrected chi connectivity index (χ0v) is 13.8. The number of hydrogen-bond acceptors (Lipinski definition) is 3. The van der Waals surface area contributed by atoms with Gasteiger partial charge in [0, 0.05) is 13.1 Å². The standard InChI is InChI=1S/C16H26N2O2S/c1-3-10-18(13-15-7-5-9-17-12-15)21(19,20)16-8-4-6-14(2)11-16/h4,6,8,11,15,17H,3,5,7,9-10,12-13H2,1-2H3. The van der Waals surface area contributed by atoms with E-state index in [1.165, 1.54) is 0 Å². The minimum atomic E-state index is -3.38. The fourth-order valence-corrected chi connectivity index (χ4v) is 4.57. The number of aryl methyl sites for hydroxylation is 1. The first-order valence-electron chi connectivity index (χ1n) is 7.81. The van der Waals surface area contributed by atoms with Crippen molar-refractivity contribution in [2.75, 3.05) is 26.2 Å². The molecule has 2 rings (SSSR count). The number of sulfonamides is 1. The van der Waals surface area contributed by atoms with Crippen molar-refractivity contribution in [2.45, 2.75) is 38.0 Å². The Kier molecular flexibility index (Phi) is 5.79. The minimum absolute atomic E-state index is 0.416. The molecule has 0 aliphatic carbocycles. The maximum absolute atomic E-state index is 12.9. The lowest BCUT2D eigenvalue weighted by Gasteiger charge is -2.29. The third-order valence-corrected chi connectivity index (χ3v) is 5.82. The number of rotatable bonds is 6. The summed E-state index contributed by atoms with van der Waals surface area (Å²) in [6, 6.07) is 7.20. The molecule has 5 heteroatoms. The quantitative estimate of drug-likeness (QED) is 0.878. The van der Waals surface area contributed by atoms with Crippen LogP contribution in [0, 0.1) is 12.8 Å². The van der Waals surface area contributed by atoms with Crippen LogP contribution in [-0.4, -0.2) is 38.9 Å². The van der Waals surface area contributed by atoms with Crippen LogP contribution in [-0.2, 0) is 10.0 Å². The zero-order chi connectivity index (χ0) is 15.3. The highest BCUT2D eigenvalue weighted by Crippen LogP contribution is 2.20. The lowest BCUT2D eigenvalue weighted by atomic mass is 10.00. The number of nitrogens with one attached hydrogen (secondary N) is 1. The second-order valence-corrected chi connectivity index (χ2v) is 7.83. The highest BCUT2D eigenvalue weighted by atomic mass is 32.2. The van der Waals surface area contributed by atoms with Crippen LogP contribution in [0.3, 0.4) is 0 Å². The Hall–Kier alpha value is -0.910. The molecule has 1 unspecified atom stereocenters. The van der Waals surface area contributed by atoms with Gasteiger partial charge >= 0.3 is 0 Å². The largest absolute Gasteiger partial charge is 0.316 e. The van der Waals surface area contributed by atoms with Crippen molar-refractivity contribution in [2.24, 2.45) is 5.92 Å². The molecule has 1 N–H and O–H groups in total. The Labute approximate surface area is 128 Å². The SMILES string of the molecule is CCCN(CC1CCCNC1)S(=O)(=O)c1cccc(C)c1. The molecule has 0 amide bonds. The van der Waals surface area contributed by atoms with E-state index in [4.69, 9.17) is 0 Å². The monoisotopic (exact) mass is 310 g/mol. The first-order valence-corrected chi connectivity index (χ1v) is 9.25. The Bertz CT molecular complexity index is 551. The van der Waals surface area contributed by atoms with E-state index in [0.717, 1.165) is 37.9 Å². The van der Waals surface area contributed by atoms with Gasteiger partial charge < -0.3 is 5.32 Å². The van der Waals surface area contributed by atoms with Gasteiger partial charge in [0.2, 0.25) is 10.0 Å². The predicted molar refractivity (Wildman–Crippen MR) is 85.8 cm³/mol. The van der Waals surface area contributed by atoms with Crippen LogP contribution in [0.4, 0.5) is 0 Å². The molecular formula is C16H26N2O2S. The van der Waals surface area contributed by atoms with Gasteiger partial charge in [-0.1, -0.05) is 19.1 Å². The van der Waals surface area contributed by atoms with Gasteiger partial charge in [0.1, 0.15) is 0 Å². The second-order valence-electron chi connectivity index (χ2n) is 5.89. The van der Waals surface area contributed by atoms with Crippen molar-refractivity contribution in [1.82, 2.24) is 9.62 Å². The van der Waals surface area contributed by atoms with Crippen molar-refractivity contribution in [1.29, 1.82) is 0 Å². The van der Waals surface area contributed by atoms with Crippen LogP contribution in [0.1, 0.15) is 31.7 Å². The lowest BCUT2D eigenvalue weighted by molar-refractivity contribution is 0.291. The predicted octanol–water partition coefficient (Wildman–Crippen LogP) is 2.40. The Morgan fingerprint density at radius 2 is 2.19 bits per heavy atom. The third kappa shape index (κ3) is 4.28. The van der Waals surface area contributed by atoms with E-state index < -0.39 is 10.0 Å². The Balaban J connectivity index is 2.19. The van der Waals surface area contributed by atoms with Crippen LogP contribution in [0.25, 0.3) is 0 Å². The van der Waals surface area contributed by atoms with Crippen molar-refractivity contribution in [3.8, 4) is 0 Å². The first kappa shape index (κ1) is 16.5. The van der Waals surface area contributed by atoms with Crippen LogP contribution < -0.4 is 5.32 Å². The van der Waals surface area contributed by atoms with E-state index in [1.54, 1.807) is 16.4 Å². The fraction of sp³-hybridized carbons (Fsp3) is 0.625. The molecule has 1 aliphatic heterocycles. The summed E-state index contributed by atoms with van der Waals surface area (Å²) in [5.74, 6) is 0.421. The normalized spacial score (nSPS) is 19.9. The summed E-state index contributed by atoms with van der Waals surface area (Å²) >= 11 is 0. The molecule has 1 atom stereocenters. The average molecular weight is 310 g/mol. The molecule has 0 aromatic heterocycles. The molecule has 0 spiro atoms. The summed E-state index contributed by atoms with van der Waals surface area (Å²) in [5, 5.41) is 3.36. The van der Waals surface area contributed by atoms with Crippen molar-refractivity contribution < 1.29 is 8.42 Å². The molecule has 1 aliphatic rings. The zero-order valence-electron chi connectivity index (χ0n) is 13.0. The first-order chi connectivity index (χ1) is 10.0. The lowest BCUT2D eigenvalue weighted by Crippen LogP contribution is -2.41. The van der Waals surface area contributed by atoms with E-state index in [-0.39, 0.29) is 0 Å². The molecule has 21 heavy (non-hydrogen) atoms. The molecule has 4 nitrogen and oxygen atoms in total. The summed E-state index contributed by atoms with van der Waals surface area (Å²) in [6.07, 6.45) is 3.08. The number of nitrogens with zero attached hydrogens (tertiary/aromatic N) is 1. The molecule has 1 aromatic carbocycles. The molecule has 0 radical (unpaired) electrons. The molecule has 0 saturated carbocycles. The van der Waals surface area contributed by atoms with E-state index in [9.17, 15) is 8.42 Å². The Morgan fingerprint density at radius 3 is 2.81 bits per heavy atom. The van der Waals surface area contributed by atoms with Crippen LogP contribution in [0.5, 0.6) is 0 Å². The van der Waals surface area contributed by atoms with Crippen molar-refractivity contribution in [3.05, 3.63) is 29.8 Å². The average Bonchev–Trinajstić information content (AvgIpc) is 2.48. The van der Waals surface area contributed by atoms with Gasteiger partial charge in [0.15, 0.2) is 0 Å². The summed E-state index contributed by atoms with van der Waals surface area (Å²) in [7, 11) is -3.38. The molecule has 1 heterocycles. The summed E-state index contributed by atoms with van der Waals surface area (Å²) in [4.78, 5) is 0.416. The van der Waals surface area contributed by atoms with Gasteiger partial charge in [0.25, 0.3) is 0 Å². The Morgan fingerprint density at radius 1 is 1.38 bits per heavy atom. The van der Waals surface area contributed by atoms with Crippen LogP contribution in [0.2, 0.25) is 0 Å². The highest BCUT2D eigenvalue weighted by Gasteiger charge is 2.27. The number of hydrogen-bond donors (Lipinski definition) is 1. The maximum Gasteiger partial charge on any atom is 0.243 e. The summed E-state index contributed by atoms with van der Waals surface area (Å²) in [6.45, 7) is 7.13. The molecular weight excluding hydrogens is 284 g/mol. The second kappa shape index (κ2) is 7.38. The van der Waals surface area contributed by atoms with Gasteiger partial charge in [-0.3, -0.25) is 0 Å². The molecule has 118 valence electrons. The van der Waals surface area contributed by atoms with Crippen molar-refractivity contribution >= 4 is 10.0 Å². The topological polar surface area (TPSA) is 49.4 Å². The van der Waals surface area contributed by atoms with E-state index in [0.29, 0.717) is 23.9 Å². The van der Waals surface area contributed by atoms with Gasteiger partial charge in [-0.05, 0) is 62.9 Å². The minimum Gasteiger partial charge on any atom is -0.316 e. The number of benzene rings is 1. The summed E-state index contributed by atoms with van der Waals surface area (Å²) < 4.78 is 27.4. The fourth-order valence-electron chi connectivity index (χ4n) is 2.85. The number of piperidine rings is 1. The highest BCUT2D eigenvalue weighted by molar-refractivity contribution is 7.89. The van der Waals surface area contributed by atoms with Gasteiger partial charge in [0.05, 0.1) is 4.90 Å². The van der Waals surface area contributed by atoms with Crippen molar-refractivity contribution in [3.63, 3.8) is 0 Å². The van der Waals surface area contributed by atoms with Crippen LogP contribution in [0.15, 0.2) is 29.2 Å². The van der Waals surface area contributed by atoms with E-state index in [2.05, 4.69) is 5.32 Å². The maximum atomic E-state index is 12.9. The molecule has 1 fully saturated rings. The molecule has 0 bridgehead atoms. The van der Waals surface area contributed by atoms with Gasteiger partial charge in [-0.15, -0.1) is 0 Å². The van der Waals surface area contributed by atoms with E-state index in [1.807, 2.05) is 26.0 Å². The summed E-state index contributed by atoms with van der Waals surface area (Å²) in [5.41, 5.74) is 0.979. The molecule has 1 saturated heterocycles. The molecule has 1 aromatic rings. The third-order valence-electron chi connectivity index (χ3n) is 3.96. The van der Waals surface area contributed by atoms with Gasteiger partial charge in [-0.25, -0.2) is 8.42 Å². The van der Waals surface area contributed by atoms with Gasteiger partial charge in [-0.2, -0.15) is 4.31 Å².